The van der Waals surface area contributed by atoms with Crippen LogP contribution in [-0.2, 0) is 36.7 Å². The van der Waals surface area contributed by atoms with Gasteiger partial charge < -0.3 is 40.6 Å². The van der Waals surface area contributed by atoms with Gasteiger partial charge in [-0.2, -0.15) is 0 Å². The molecule has 9 rings (SSSR count). The number of allylic oxidation sites excluding steroid dienone is 12. The van der Waals surface area contributed by atoms with E-state index in [4.69, 9.17) is 24.5 Å². The number of nitrogens with zero attached hydrogens (tertiary/aromatic N) is 6. The summed E-state index contributed by atoms with van der Waals surface area (Å²) in [4.78, 5) is 94.2. The summed E-state index contributed by atoms with van der Waals surface area (Å²) in [7, 11) is 0. The molecule has 1 saturated heterocycles. The number of aliphatic imine (C=N–C) groups is 3. The molecular formula is C61H68N10O9. The molecule has 1 aromatic carbocycles. The summed E-state index contributed by atoms with van der Waals surface area (Å²) in [5.74, 6) is -2.32. The molecule has 0 saturated carbocycles. The average Bonchev–Trinajstić information content (AvgIpc) is 4.32. The van der Waals surface area contributed by atoms with Crippen molar-refractivity contribution in [3.05, 3.63) is 168 Å². The number of aromatic nitrogens is 4. The zero-order valence-electron chi connectivity index (χ0n) is 46.2. The lowest BCUT2D eigenvalue weighted by molar-refractivity contribution is -0.142. The number of carbonyl (C=O) groups is 4. The molecule has 7 heterocycles. The number of hydrogen-bond acceptors (Lipinski definition) is 15. The number of carboxylic acids is 1. The quantitative estimate of drug-likeness (QED) is 0.0370. The molecule has 80 heavy (non-hydrogen) atoms. The van der Waals surface area contributed by atoms with Crippen LogP contribution in [-0.4, -0.2) is 110 Å². The van der Waals surface area contributed by atoms with Gasteiger partial charge in [-0.05, 0) is 106 Å². The number of carboxylic acid groups (broad SMARTS) is 1. The van der Waals surface area contributed by atoms with E-state index < -0.39 is 11.9 Å². The highest BCUT2D eigenvalue weighted by Crippen LogP contribution is 2.46. The molecule has 3 aromatic rings. The van der Waals surface area contributed by atoms with E-state index in [0.717, 1.165) is 96.6 Å². The molecule has 2 amide bonds. The van der Waals surface area contributed by atoms with Crippen LogP contribution in [0.25, 0.3) is 11.2 Å². The van der Waals surface area contributed by atoms with E-state index in [2.05, 4.69) is 76.2 Å². The maximum atomic E-state index is 13.3. The standard InChI is InChI=1S/C61H68N10O9/c1-8-41-32(3)45-28-47-34(5)43(56(70-47)44-27-52(73)55-35(6)48(71-57(44)55)30-50-42(9-2)33(4)46(69-50)29-49(41)68-45)17-19-54(75)63-21-23-80-25-24-79-22-20-62-53(74)18-15-39(61(77)78)26-51(72)38-13-10-37(11-14-38)12-16-40-31-64-59-58(67-40)60(76)66-36(7)65-59/h8,10-11,13-14,28-31,34,39,43,70,73H,1,9,12,15-27H2,2-7H3,(H,62,74)(H,63,75)(H,77,78)(H,64,65,66,76)/t34-,39?,43-/m0/s1. The first-order valence-corrected chi connectivity index (χ1v) is 27.4. The number of hydrogen-bond donors (Lipinski definition) is 6. The van der Waals surface area contributed by atoms with E-state index >= 15 is 0 Å². The van der Waals surface area contributed by atoms with Crippen LogP contribution in [0.4, 0.5) is 0 Å². The molecule has 19 heteroatoms. The fourth-order valence-corrected chi connectivity index (χ4v) is 11.0. The van der Waals surface area contributed by atoms with E-state index in [9.17, 15) is 34.2 Å². The van der Waals surface area contributed by atoms with Gasteiger partial charge in [-0.1, -0.05) is 50.8 Å². The van der Waals surface area contributed by atoms with Crippen molar-refractivity contribution in [2.24, 2.45) is 32.7 Å². The topological polar surface area (TPSA) is 272 Å². The number of amides is 2. The van der Waals surface area contributed by atoms with Gasteiger partial charge >= 0.3 is 5.97 Å². The van der Waals surface area contributed by atoms with Crippen LogP contribution in [0.3, 0.4) is 0 Å². The maximum absolute atomic E-state index is 13.3. The van der Waals surface area contributed by atoms with Crippen LogP contribution in [0.2, 0.25) is 0 Å². The van der Waals surface area contributed by atoms with Crippen LogP contribution in [0.15, 0.2) is 154 Å². The van der Waals surface area contributed by atoms with E-state index in [1.807, 2.05) is 25.2 Å². The fraction of sp³-hybridized carbons (Fsp3) is 0.393. The normalized spacial score (nSPS) is 18.8. The predicted molar refractivity (Wildman–Crippen MR) is 305 cm³/mol. The van der Waals surface area contributed by atoms with Gasteiger partial charge in [0.05, 0.1) is 78.5 Å². The number of nitrogens with one attached hydrogen (secondary N) is 4. The molecule has 8 bridgehead atoms. The van der Waals surface area contributed by atoms with Gasteiger partial charge in [0.15, 0.2) is 16.9 Å². The lowest BCUT2D eigenvalue weighted by Crippen LogP contribution is -2.29. The third-order valence-electron chi connectivity index (χ3n) is 15.5. The van der Waals surface area contributed by atoms with Gasteiger partial charge in [0, 0.05) is 84.3 Å². The first kappa shape index (κ1) is 56.4. The summed E-state index contributed by atoms with van der Waals surface area (Å²) in [6.45, 7) is 17.8. The number of aryl methyl sites for hydroxylation is 3. The number of Topliss-reactive ketones (excluding diaryl/α,β-unsaturated/α-hetero) is 1. The van der Waals surface area contributed by atoms with Crippen LogP contribution >= 0.6 is 0 Å². The summed E-state index contributed by atoms with van der Waals surface area (Å²) >= 11 is 0. The number of benzene rings is 1. The fourth-order valence-electron chi connectivity index (χ4n) is 11.0. The maximum Gasteiger partial charge on any atom is 0.306 e. The highest BCUT2D eigenvalue weighted by Gasteiger charge is 2.41. The number of H-pyrrole nitrogens is 1. The number of aliphatic hydroxyl groups is 1. The third-order valence-corrected chi connectivity index (χ3v) is 15.5. The Morgan fingerprint density at radius 2 is 1.56 bits per heavy atom. The van der Waals surface area contributed by atoms with E-state index in [1.165, 1.54) is 0 Å². The first-order valence-electron chi connectivity index (χ1n) is 27.4. The minimum Gasteiger partial charge on any atom is -0.511 e. The second-order valence-electron chi connectivity index (χ2n) is 20.8. The summed E-state index contributed by atoms with van der Waals surface area (Å²) in [5, 5.41) is 30.8. The van der Waals surface area contributed by atoms with Gasteiger partial charge in [0.2, 0.25) is 11.8 Å². The highest BCUT2D eigenvalue weighted by molar-refractivity contribution is 6.21. The molecule has 0 spiro atoms. The van der Waals surface area contributed by atoms with Crippen LogP contribution in [0, 0.1) is 24.7 Å². The van der Waals surface area contributed by atoms with E-state index in [0.29, 0.717) is 49.3 Å². The second kappa shape index (κ2) is 24.8. The lowest BCUT2D eigenvalue weighted by Gasteiger charge is -2.18. The Morgan fingerprint density at radius 3 is 2.26 bits per heavy atom. The summed E-state index contributed by atoms with van der Waals surface area (Å²) < 4.78 is 11.3. The Kier molecular flexibility index (Phi) is 17.5. The summed E-state index contributed by atoms with van der Waals surface area (Å²) in [6.07, 6.45) is 12.3. The molecule has 3 atom stereocenters. The lowest BCUT2D eigenvalue weighted by atomic mass is 9.86. The Morgan fingerprint density at radius 1 is 0.863 bits per heavy atom. The van der Waals surface area contributed by atoms with Gasteiger partial charge in [-0.25, -0.2) is 29.9 Å². The van der Waals surface area contributed by atoms with Gasteiger partial charge in [-0.15, -0.1) is 0 Å². The van der Waals surface area contributed by atoms with Crippen molar-refractivity contribution in [1.82, 2.24) is 35.9 Å². The van der Waals surface area contributed by atoms with Crippen molar-refractivity contribution in [1.29, 1.82) is 0 Å². The number of aliphatic carboxylic acids is 1. The molecule has 1 aliphatic carbocycles. The molecule has 1 unspecified atom stereocenters. The average molecular weight is 1090 g/mol. The highest BCUT2D eigenvalue weighted by atomic mass is 16.5. The van der Waals surface area contributed by atoms with Crippen LogP contribution < -0.4 is 21.5 Å². The minimum absolute atomic E-state index is 0.00481. The number of rotatable bonds is 24. The zero-order chi connectivity index (χ0) is 56.8. The molecule has 6 N–H and O–H groups in total. The van der Waals surface area contributed by atoms with Gasteiger partial charge in [0.1, 0.15) is 11.6 Å². The first-order chi connectivity index (χ1) is 38.5. The predicted octanol–water partition coefficient (Wildman–Crippen LogP) is 7.76. The van der Waals surface area contributed by atoms with E-state index in [1.54, 1.807) is 37.4 Å². The van der Waals surface area contributed by atoms with E-state index in [-0.39, 0.29) is 111 Å². The molecule has 19 nitrogen and oxygen atoms in total. The van der Waals surface area contributed by atoms with Crippen molar-refractivity contribution in [2.45, 2.75) is 99.3 Å². The molecule has 2 aromatic heterocycles. The largest absolute Gasteiger partial charge is 0.511 e. The SMILES string of the molecule is C=CC1=C(C)C2=NC1=CC1=NC(=CC3=C(C)C4=C(O)CC(=C5NC(=C2)[C@@H](C)[C@@H]5CCC(=O)NCCOCCOCCNC(=O)CCC(CC(=O)c2ccc(CCc5cnc6nc(C)[nH]c(=O)c6n5)cc2)C(=O)O)C4=N3)C(CC)=C1C. The van der Waals surface area contributed by atoms with Gasteiger partial charge in [0.25, 0.3) is 5.56 Å². The number of aliphatic hydroxyl groups excluding tert-OH is 1. The molecular weight excluding hydrogens is 1020 g/mol. The summed E-state index contributed by atoms with van der Waals surface area (Å²) in [6, 6.07) is 6.90. The number of ketones is 1. The van der Waals surface area contributed by atoms with Crippen LogP contribution in [0.5, 0.6) is 0 Å². The molecule has 416 valence electrons. The minimum atomic E-state index is -1.15. The molecule has 5 aliphatic heterocycles. The van der Waals surface area contributed by atoms with Crippen molar-refractivity contribution < 1.29 is 38.9 Å². The van der Waals surface area contributed by atoms with Crippen molar-refractivity contribution in [3.63, 3.8) is 0 Å². The Hall–Kier alpha value is -8.29. The van der Waals surface area contributed by atoms with Crippen molar-refractivity contribution in [2.75, 3.05) is 39.5 Å². The number of ether oxygens (including phenoxy) is 2. The number of carbonyl (C=O) groups excluding carboxylic acids is 3. The summed E-state index contributed by atoms with van der Waals surface area (Å²) in [5.41, 5.74) is 15.6. The second-order valence-corrected chi connectivity index (χ2v) is 20.8. The molecule has 0 radical (unpaired) electrons. The monoisotopic (exact) mass is 1080 g/mol. The molecule has 1 fully saturated rings. The van der Waals surface area contributed by atoms with Crippen molar-refractivity contribution in [3.8, 4) is 0 Å². The van der Waals surface area contributed by atoms with Gasteiger partial charge in [-0.3, -0.25) is 24.0 Å². The number of aromatic amines is 1. The third kappa shape index (κ3) is 12.4. The zero-order valence-corrected chi connectivity index (χ0v) is 46.2. The smallest absolute Gasteiger partial charge is 0.306 e. The Bertz CT molecular complexity index is 3510. The molecule has 6 aliphatic rings. The van der Waals surface area contributed by atoms with Crippen molar-refractivity contribution >= 4 is 51.9 Å². The Labute approximate surface area is 464 Å². The number of fused-ring (bicyclic) bond motifs is 6. The Balaban J connectivity index is 0.687. The van der Waals surface area contributed by atoms with Crippen LogP contribution in [0.1, 0.15) is 107 Å².